The highest BCUT2D eigenvalue weighted by Crippen LogP contribution is 2.20. The quantitative estimate of drug-likeness (QED) is 0.113. The van der Waals surface area contributed by atoms with Crippen LogP contribution in [0, 0.1) is 5.82 Å². The predicted octanol–water partition coefficient (Wildman–Crippen LogP) is 6.84. The van der Waals surface area contributed by atoms with Gasteiger partial charge in [-0.1, -0.05) is 68.7 Å². The first-order valence-corrected chi connectivity index (χ1v) is 13.7. The molecule has 0 aromatic heterocycles. The maximum absolute atomic E-state index is 15.1. The Labute approximate surface area is 242 Å². The lowest BCUT2D eigenvalue weighted by molar-refractivity contribution is 0.0624. The summed E-state index contributed by atoms with van der Waals surface area (Å²) in [7, 11) is 1.81. The van der Waals surface area contributed by atoms with Crippen LogP contribution in [0.25, 0.3) is 0 Å². The van der Waals surface area contributed by atoms with Gasteiger partial charge >= 0.3 is 0 Å². The van der Waals surface area contributed by atoms with Gasteiger partial charge in [-0.3, -0.25) is 9.89 Å². The fourth-order valence-corrected chi connectivity index (χ4v) is 3.61. The van der Waals surface area contributed by atoms with Crippen LogP contribution >= 0.6 is 0 Å². The Hall–Kier alpha value is -3.32. The van der Waals surface area contributed by atoms with Crippen molar-refractivity contribution in [2.24, 2.45) is 4.99 Å². The summed E-state index contributed by atoms with van der Waals surface area (Å²) in [5, 5.41) is 22.4. The lowest BCUT2D eigenvalue weighted by Crippen LogP contribution is -2.26. The van der Waals surface area contributed by atoms with Crippen molar-refractivity contribution in [3.63, 3.8) is 0 Å². The third-order valence-corrected chi connectivity index (χ3v) is 5.99. The van der Waals surface area contributed by atoms with E-state index in [9.17, 15) is 10.2 Å². The average molecular weight is 552 g/mol. The molecule has 0 radical (unpaired) electrons. The number of rotatable bonds is 17. The van der Waals surface area contributed by atoms with Gasteiger partial charge in [-0.05, 0) is 86.3 Å². The second kappa shape index (κ2) is 21.5. The Morgan fingerprint density at radius 1 is 1.23 bits per heavy atom. The van der Waals surface area contributed by atoms with Gasteiger partial charge in [0.15, 0.2) is 5.72 Å². The minimum absolute atomic E-state index is 0.0749. The summed E-state index contributed by atoms with van der Waals surface area (Å²) in [5.41, 5.74) is 3.05. The van der Waals surface area contributed by atoms with Crippen LogP contribution in [-0.2, 0) is 13.0 Å². The Bertz CT molecular complexity index is 1060. The molecular formula is C34H50FN3O2. The molecule has 1 aromatic carbocycles. The van der Waals surface area contributed by atoms with Gasteiger partial charge in [0.25, 0.3) is 0 Å². The zero-order valence-corrected chi connectivity index (χ0v) is 25.2. The number of aliphatic hydroxyl groups excluding tert-OH is 1. The summed E-state index contributed by atoms with van der Waals surface area (Å²) in [6.45, 7) is 20.6. The molecule has 0 aliphatic rings. The lowest BCUT2D eigenvalue weighted by Gasteiger charge is -2.19. The predicted molar refractivity (Wildman–Crippen MR) is 171 cm³/mol. The van der Waals surface area contributed by atoms with Crippen LogP contribution < -0.4 is 5.32 Å². The first kappa shape index (κ1) is 36.7. The molecule has 0 heterocycles. The minimum atomic E-state index is -1.20. The van der Waals surface area contributed by atoms with Gasteiger partial charge in [0.05, 0.1) is 6.61 Å². The van der Waals surface area contributed by atoms with Crippen LogP contribution in [0.2, 0.25) is 0 Å². The van der Waals surface area contributed by atoms with Crippen LogP contribution in [0.4, 0.5) is 4.39 Å². The van der Waals surface area contributed by atoms with Crippen LogP contribution in [-0.4, -0.2) is 53.8 Å². The van der Waals surface area contributed by atoms with Gasteiger partial charge in [-0.2, -0.15) is 0 Å². The number of benzene rings is 1. The molecule has 3 N–H and O–H groups in total. The molecule has 1 aromatic rings. The third kappa shape index (κ3) is 15.9. The summed E-state index contributed by atoms with van der Waals surface area (Å²) < 4.78 is 15.1. The molecule has 0 spiro atoms. The van der Waals surface area contributed by atoms with E-state index in [1.165, 1.54) is 0 Å². The number of nitrogens with zero attached hydrogens (tertiary/aromatic N) is 2. The van der Waals surface area contributed by atoms with Crippen molar-refractivity contribution in [3.8, 4) is 0 Å². The van der Waals surface area contributed by atoms with E-state index in [-0.39, 0.29) is 12.4 Å². The first-order chi connectivity index (χ1) is 19.1. The molecule has 0 saturated carbocycles. The monoisotopic (exact) mass is 551 g/mol. The number of hydrogen-bond acceptors (Lipinski definition) is 5. The van der Waals surface area contributed by atoms with Crippen molar-refractivity contribution in [1.29, 1.82) is 0 Å². The summed E-state index contributed by atoms with van der Waals surface area (Å²) in [6.07, 6.45) is 17.9. The number of hydrogen-bond donors (Lipinski definition) is 3. The zero-order valence-electron chi connectivity index (χ0n) is 25.2. The van der Waals surface area contributed by atoms with Gasteiger partial charge in [0.1, 0.15) is 5.82 Å². The van der Waals surface area contributed by atoms with Crippen molar-refractivity contribution < 1.29 is 14.6 Å². The Morgan fingerprint density at radius 2 is 1.93 bits per heavy atom. The molecule has 5 nitrogen and oxygen atoms in total. The number of likely N-dealkylation sites (N-methyl/N-ethyl adjacent to an activating group) is 1. The molecule has 1 rings (SSSR count). The van der Waals surface area contributed by atoms with Crippen LogP contribution in [0.1, 0.15) is 51.7 Å². The van der Waals surface area contributed by atoms with Crippen molar-refractivity contribution in [2.45, 2.75) is 59.2 Å². The molecule has 1 unspecified atom stereocenters. The highest BCUT2D eigenvalue weighted by atomic mass is 19.1. The van der Waals surface area contributed by atoms with E-state index in [1.54, 1.807) is 37.6 Å². The van der Waals surface area contributed by atoms with Crippen LogP contribution in [0.15, 0.2) is 108 Å². The highest BCUT2D eigenvalue weighted by Gasteiger charge is 2.15. The molecule has 0 fully saturated rings. The highest BCUT2D eigenvalue weighted by molar-refractivity contribution is 5.74. The molecular weight excluding hydrogens is 501 g/mol. The third-order valence-electron chi connectivity index (χ3n) is 5.99. The number of aliphatic hydroxyl groups is 2. The normalized spacial score (nSPS) is 14.2. The van der Waals surface area contributed by atoms with Crippen molar-refractivity contribution >= 4 is 6.21 Å². The molecule has 6 heteroatoms. The molecule has 0 bridgehead atoms. The molecule has 40 heavy (non-hydrogen) atoms. The Balaban J connectivity index is 0.00000354. The van der Waals surface area contributed by atoms with Crippen LogP contribution in [0.3, 0.4) is 0 Å². The van der Waals surface area contributed by atoms with Crippen molar-refractivity contribution in [3.05, 3.63) is 120 Å². The average Bonchev–Trinajstić information content (AvgIpc) is 2.93. The van der Waals surface area contributed by atoms with Gasteiger partial charge in [-0.25, -0.2) is 4.39 Å². The Morgan fingerprint density at radius 3 is 2.45 bits per heavy atom. The smallest absolute Gasteiger partial charge is 0.153 e. The van der Waals surface area contributed by atoms with Gasteiger partial charge in [-0.15, -0.1) is 6.58 Å². The fourth-order valence-electron chi connectivity index (χ4n) is 3.61. The van der Waals surface area contributed by atoms with E-state index >= 15 is 4.39 Å². The van der Waals surface area contributed by atoms with E-state index in [1.807, 2.05) is 70.3 Å². The molecule has 0 amide bonds. The number of nitrogens with one attached hydrogen (secondary N) is 1. The van der Waals surface area contributed by atoms with E-state index in [4.69, 9.17) is 0 Å². The summed E-state index contributed by atoms with van der Waals surface area (Å²) in [5.74, 6) is -0.271. The van der Waals surface area contributed by atoms with E-state index in [0.717, 1.165) is 28.8 Å². The van der Waals surface area contributed by atoms with Crippen molar-refractivity contribution in [2.75, 3.05) is 26.7 Å². The number of aliphatic imine (C=N–C) groups is 1. The largest absolute Gasteiger partial charge is 0.395 e. The number of allylic oxidation sites excluding steroid dienone is 10. The lowest BCUT2D eigenvalue weighted by atomic mass is 9.98. The SMILES string of the molecule is C=CCCC(C)(O)/N=C/C=C(\C=C(C)\C(C=C)=C/C=C\C)Cc1ccc(CN(CC)CCO)cc1F.C=CNC. The topological polar surface area (TPSA) is 68.1 Å². The molecule has 1 atom stereocenters. The summed E-state index contributed by atoms with van der Waals surface area (Å²) >= 11 is 0. The molecule has 0 saturated heterocycles. The van der Waals surface area contributed by atoms with E-state index < -0.39 is 5.72 Å². The van der Waals surface area contributed by atoms with Crippen LogP contribution in [0.5, 0.6) is 0 Å². The summed E-state index contributed by atoms with van der Waals surface area (Å²) in [6, 6.07) is 5.32. The van der Waals surface area contributed by atoms with E-state index in [2.05, 4.69) is 34.9 Å². The minimum Gasteiger partial charge on any atom is -0.395 e. The number of halogens is 1. The fraction of sp³-hybridized carbons (Fsp3) is 0.382. The summed E-state index contributed by atoms with van der Waals surface area (Å²) in [4.78, 5) is 6.37. The molecule has 220 valence electrons. The maximum Gasteiger partial charge on any atom is 0.153 e. The first-order valence-electron chi connectivity index (χ1n) is 13.7. The molecule has 0 aliphatic carbocycles. The second-order valence-electron chi connectivity index (χ2n) is 9.43. The second-order valence-corrected chi connectivity index (χ2v) is 9.43. The van der Waals surface area contributed by atoms with Crippen molar-refractivity contribution in [1.82, 2.24) is 10.2 Å². The standard InChI is InChI=1S/C31H43FN2O2.C3H7N/c1-7-11-13-28(9-3)25(5)21-26(16-18-33-31(6,36)17-12-8-2)22-29-15-14-27(23-30(29)32)24-34(10-4)19-20-35;1-3-4-2/h7-9,11,13-16,18,21,23,35-36H,2-3,10,12,17,19-20,22,24H2,1,4-6H3;3-4H,1H2,2H3/b11-7-,25-21+,26-16+,28-13-,33-18+;. The van der Waals surface area contributed by atoms with E-state index in [0.29, 0.717) is 37.9 Å². The molecule has 0 aliphatic heterocycles. The van der Waals surface area contributed by atoms with Gasteiger partial charge < -0.3 is 15.5 Å². The van der Waals surface area contributed by atoms with Gasteiger partial charge in [0, 0.05) is 32.8 Å². The zero-order chi connectivity index (χ0) is 30.4. The maximum atomic E-state index is 15.1. The van der Waals surface area contributed by atoms with Gasteiger partial charge in [0.2, 0.25) is 0 Å². The Kier molecular flexibility index (Phi) is 19.7.